The normalized spacial score (nSPS) is 16.1. The lowest BCUT2D eigenvalue weighted by molar-refractivity contribution is 0.586. The van der Waals surface area contributed by atoms with Gasteiger partial charge in [0.05, 0.1) is 0 Å². The number of hydrogen-bond acceptors (Lipinski definition) is 3. The lowest BCUT2D eigenvalue weighted by Crippen LogP contribution is -2.32. The quantitative estimate of drug-likeness (QED) is 0.887. The maximum Gasteiger partial charge on any atom is 0.300 e. The number of nitrogens with one attached hydrogen (secondary N) is 2. The molecule has 1 aromatic rings. The van der Waals surface area contributed by atoms with E-state index in [1.807, 2.05) is 6.07 Å². The zero-order valence-corrected chi connectivity index (χ0v) is 11.1. The molecular weight excluding hydrogens is 294 g/mol. The second-order valence-electron chi connectivity index (χ2n) is 3.82. The molecule has 16 heavy (non-hydrogen) atoms. The van der Waals surface area contributed by atoms with Crippen molar-refractivity contribution in [1.29, 1.82) is 0 Å². The fourth-order valence-electron chi connectivity index (χ4n) is 1.22. The summed E-state index contributed by atoms with van der Waals surface area (Å²) in [4.78, 5) is 4.01. The van der Waals surface area contributed by atoms with E-state index in [1.165, 1.54) is 0 Å². The molecule has 0 unspecified atom stereocenters. The molecule has 7 heteroatoms. The average molecular weight is 306 g/mol. The maximum atomic E-state index is 11.6. The smallest absolute Gasteiger partial charge is 0.254 e. The SMILES string of the molecule is Cc1cc(Br)cnc1NS(=O)(=O)NC1CC1. The van der Waals surface area contributed by atoms with Gasteiger partial charge in [-0.15, -0.1) is 0 Å². The lowest BCUT2D eigenvalue weighted by atomic mass is 10.3. The van der Waals surface area contributed by atoms with Crippen LogP contribution < -0.4 is 9.44 Å². The van der Waals surface area contributed by atoms with Crippen molar-refractivity contribution in [3.63, 3.8) is 0 Å². The Morgan fingerprint density at radius 2 is 2.19 bits per heavy atom. The Morgan fingerprint density at radius 1 is 1.50 bits per heavy atom. The summed E-state index contributed by atoms with van der Waals surface area (Å²) in [7, 11) is -3.48. The highest BCUT2D eigenvalue weighted by atomic mass is 79.9. The maximum absolute atomic E-state index is 11.6. The fourth-order valence-corrected chi connectivity index (χ4v) is 2.87. The van der Waals surface area contributed by atoms with Crippen LogP contribution in [-0.2, 0) is 10.2 Å². The Bertz CT molecular complexity index is 499. The fraction of sp³-hybridized carbons (Fsp3) is 0.444. The minimum atomic E-state index is -3.48. The molecule has 0 saturated heterocycles. The van der Waals surface area contributed by atoms with Crippen LogP contribution in [0.4, 0.5) is 5.82 Å². The molecule has 5 nitrogen and oxygen atoms in total. The molecule has 0 aliphatic heterocycles. The Balaban J connectivity index is 2.13. The van der Waals surface area contributed by atoms with E-state index >= 15 is 0 Å². The highest BCUT2D eigenvalue weighted by Crippen LogP contribution is 2.21. The van der Waals surface area contributed by atoms with E-state index in [-0.39, 0.29) is 6.04 Å². The molecule has 2 N–H and O–H groups in total. The van der Waals surface area contributed by atoms with Gasteiger partial charge in [-0.3, -0.25) is 4.72 Å². The van der Waals surface area contributed by atoms with Gasteiger partial charge in [-0.25, -0.2) is 4.98 Å². The first-order valence-electron chi connectivity index (χ1n) is 4.88. The van der Waals surface area contributed by atoms with Gasteiger partial charge in [0, 0.05) is 16.7 Å². The van der Waals surface area contributed by atoms with Crippen molar-refractivity contribution in [2.75, 3.05) is 4.72 Å². The van der Waals surface area contributed by atoms with Crippen molar-refractivity contribution in [3.8, 4) is 0 Å². The van der Waals surface area contributed by atoms with Crippen molar-refractivity contribution in [2.24, 2.45) is 0 Å². The molecular formula is C9H12BrN3O2S. The van der Waals surface area contributed by atoms with Crippen molar-refractivity contribution in [3.05, 3.63) is 22.3 Å². The molecule has 0 amide bonds. The van der Waals surface area contributed by atoms with Crippen LogP contribution in [0, 0.1) is 6.92 Å². The third-order valence-corrected chi connectivity index (χ3v) is 3.71. The molecule has 0 radical (unpaired) electrons. The number of anilines is 1. The van der Waals surface area contributed by atoms with E-state index < -0.39 is 10.2 Å². The molecule has 1 aliphatic rings. The summed E-state index contributed by atoms with van der Waals surface area (Å²) < 4.78 is 29.0. The van der Waals surface area contributed by atoms with Crippen LogP contribution in [-0.4, -0.2) is 19.4 Å². The minimum absolute atomic E-state index is 0.0910. The van der Waals surface area contributed by atoms with E-state index in [2.05, 4.69) is 30.4 Å². The second kappa shape index (κ2) is 4.31. The van der Waals surface area contributed by atoms with Crippen LogP contribution in [0.2, 0.25) is 0 Å². The highest BCUT2D eigenvalue weighted by molar-refractivity contribution is 9.10. The van der Waals surface area contributed by atoms with Gasteiger partial charge in [-0.2, -0.15) is 13.1 Å². The average Bonchev–Trinajstić information content (AvgIpc) is 2.93. The Labute approximate surface area is 103 Å². The van der Waals surface area contributed by atoms with Gasteiger partial charge in [0.25, 0.3) is 0 Å². The number of pyridine rings is 1. The van der Waals surface area contributed by atoms with E-state index in [9.17, 15) is 8.42 Å². The lowest BCUT2D eigenvalue weighted by Gasteiger charge is -2.09. The number of nitrogens with zero attached hydrogens (tertiary/aromatic N) is 1. The first kappa shape index (κ1) is 11.8. The summed E-state index contributed by atoms with van der Waals surface area (Å²) in [6.07, 6.45) is 3.38. The van der Waals surface area contributed by atoms with E-state index in [4.69, 9.17) is 0 Å². The third kappa shape index (κ3) is 3.16. The second-order valence-corrected chi connectivity index (χ2v) is 6.18. The molecule has 0 spiro atoms. The molecule has 0 aromatic carbocycles. The molecule has 0 bridgehead atoms. The number of hydrogen-bond donors (Lipinski definition) is 2. The first-order chi connectivity index (χ1) is 7.46. The van der Waals surface area contributed by atoms with Crippen LogP contribution >= 0.6 is 15.9 Å². The third-order valence-electron chi connectivity index (χ3n) is 2.18. The van der Waals surface area contributed by atoms with Crippen LogP contribution in [0.25, 0.3) is 0 Å². The summed E-state index contributed by atoms with van der Waals surface area (Å²) >= 11 is 3.27. The Hall–Kier alpha value is -0.660. The van der Waals surface area contributed by atoms with Gasteiger partial charge in [-0.1, -0.05) is 0 Å². The summed E-state index contributed by atoms with van der Waals surface area (Å²) in [5.41, 5.74) is 0.774. The standard InChI is InChI=1S/C9H12BrN3O2S/c1-6-4-7(10)5-11-9(6)13-16(14,15)12-8-2-3-8/h4-5,8,12H,2-3H2,1H3,(H,11,13). The summed E-state index contributed by atoms with van der Waals surface area (Å²) in [6, 6.07) is 1.90. The number of aryl methyl sites for hydroxylation is 1. The zero-order valence-electron chi connectivity index (χ0n) is 8.70. The number of aromatic nitrogens is 1. The predicted molar refractivity (Wildman–Crippen MR) is 65.4 cm³/mol. The van der Waals surface area contributed by atoms with E-state index in [1.54, 1.807) is 13.1 Å². The predicted octanol–water partition coefficient (Wildman–Crippen LogP) is 1.56. The monoisotopic (exact) mass is 305 g/mol. The minimum Gasteiger partial charge on any atom is -0.254 e. The number of rotatable bonds is 4. The van der Waals surface area contributed by atoms with Crippen LogP contribution in [0.3, 0.4) is 0 Å². The van der Waals surface area contributed by atoms with Crippen LogP contribution in [0.5, 0.6) is 0 Å². The van der Waals surface area contributed by atoms with Gasteiger partial charge in [-0.05, 0) is 47.3 Å². The highest BCUT2D eigenvalue weighted by Gasteiger charge is 2.27. The Kier molecular flexibility index (Phi) is 3.18. The van der Waals surface area contributed by atoms with Crippen LogP contribution in [0.1, 0.15) is 18.4 Å². The zero-order chi connectivity index (χ0) is 11.8. The molecule has 1 aromatic heterocycles. The summed E-state index contributed by atoms with van der Waals surface area (Å²) in [5, 5.41) is 0. The van der Waals surface area contributed by atoms with Gasteiger partial charge in [0.15, 0.2) is 0 Å². The molecule has 0 atom stereocenters. The molecule has 1 fully saturated rings. The summed E-state index contributed by atoms with van der Waals surface area (Å²) in [5.74, 6) is 0.358. The molecule has 1 aliphatic carbocycles. The van der Waals surface area contributed by atoms with Gasteiger partial charge in [0.2, 0.25) is 0 Å². The van der Waals surface area contributed by atoms with Gasteiger partial charge in [0.1, 0.15) is 5.82 Å². The van der Waals surface area contributed by atoms with E-state index in [0.29, 0.717) is 5.82 Å². The van der Waals surface area contributed by atoms with Crippen molar-refractivity contribution >= 4 is 32.0 Å². The van der Waals surface area contributed by atoms with Crippen molar-refractivity contribution in [2.45, 2.75) is 25.8 Å². The van der Waals surface area contributed by atoms with Gasteiger partial charge >= 0.3 is 10.2 Å². The van der Waals surface area contributed by atoms with Gasteiger partial charge < -0.3 is 0 Å². The molecule has 1 saturated carbocycles. The van der Waals surface area contributed by atoms with Crippen LogP contribution in [0.15, 0.2) is 16.7 Å². The summed E-state index contributed by atoms with van der Waals surface area (Å²) in [6.45, 7) is 1.80. The number of halogens is 1. The Morgan fingerprint density at radius 3 is 2.75 bits per heavy atom. The topological polar surface area (TPSA) is 71.1 Å². The van der Waals surface area contributed by atoms with Crippen molar-refractivity contribution in [1.82, 2.24) is 9.71 Å². The van der Waals surface area contributed by atoms with E-state index in [0.717, 1.165) is 22.9 Å². The first-order valence-corrected chi connectivity index (χ1v) is 7.16. The molecule has 88 valence electrons. The van der Waals surface area contributed by atoms with Crippen molar-refractivity contribution < 1.29 is 8.42 Å². The largest absolute Gasteiger partial charge is 0.300 e. The molecule has 2 rings (SSSR count). The molecule has 1 heterocycles.